The molecule has 2 rings (SSSR count). The first-order valence-corrected chi connectivity index (χ1v) is 6.99. The molecule has 1 aromatic rings. The van der Waals surface area contributed by atoms with Crippen LogP contribution in [0, 0.1) is 13.8 Å². The Hall–Kier alpha value is -1.29. The van der Waals surface area contributed by atoms with Crippen LogP contribution in [-0.4, -0.2) is 41.6 Å². The number of aromatic nitrogens is 1. The number of carbonyl (C=O) groups is 1. The van der Waals surface area contributed by atoms with Crippen molar-refractivity contribution in [3.05, 3.63) is 23.0 Å². The van der Waals surface area contributed by atoms with Gasteiger partial charge in [-0.25, -0.2) is 0 Å². The molecule has 0 spiro atoms. The van der Waals surface area contributed by atoms with Gasteiger partial charge in [0.05, 0.1) is 5.41 Å². The Morgan fingerprint density at radius 2 is 1.84 bits per heavy atom. The van der Waals surface area contributed by atoms with Crippen LogP contribution in [0.3, 0.4) is 0 Å². The van der Waals surface area contributed by atoms with Crippen molar-refractivity contribution in [1.29, 1.82) is 0 Å². The third-order valence-electron chi connectivity index (χ3n) is 4.39. The number of nitrogens with zero attached hydrogens (tertiary/aromatic N) is 2. The SMILES string of the molecule is Cc1cc(C(C)(C)C(=O)N2CCNCC2)c(C)n1C. The van der Waals surface area contributed by atoms with Crippen molar-refractivity contribution in [2.75, 3.05) is 26.2 Å². The lowest BCUT2D eigenvalue weighted by atomic mass is 9.83. The van der Waals surface area contributed by atoms with Crippen molar-refractivity contribution in [3.8, 4) is 0 Å². The normalized spacial score (nSPS) is 16.8. The van der Waals surface area contributed by atoms with Gasteiger partial charge in [-0.05, 0) is 39.3 Å². The summed E-state index contributed by atoms with van der Waals surface area (Å²) in [4.78, 5) is 14.8. The van der Waals surface area contributed by atoms with E-state index in [0.29, 0.717) is 0 Å². The summed E-state index contributed by atoms with van der Waals surface area (Å²) in [6.07, 6.45) is 0. The van der Waals surface area contributed by atoms with Crippen LogP contribution in [-0.2, 0) is 17.3 Å². The summed E-state index contributed by atoms with van der Waals surface area (Å²) in [6, 6.07) is 2.15. The Balaban J connectivity index is 2.30. The van der Waals surface area contributed by atoms with Crippen molar-refractivity contribution in [3.63, 3.8) is 0 Å². The third kappa shape index (κ3) is 2.41. The van der Waals surface area contributed by atoms with E-state index in [9.17, 15) is 4.79 Å². The highest BCUT2D eigenvalue weighted by Gasteiger charge is 2.36. The first kappa shape index (κ1) is 14.1. The van der Waals surface area contributed by atoms with Crippen LogP contribution in [0.1, 0.15) is 30.8 Å². The number of piperazine rings is 1. The van der Waals surface area contributed by atoms with Gasteiger partial charge in [0.1, 0.15) is 0 Å². The van der Waals surface area contributed by atoms with Crippen molar-refractivity contribution in [1.82, 2.24) is 14.8 Å². The zero-order valence-electron chi connectivity index (χ0n) is 12.7. The van der Waals surface area contributed by atoms with Crippen LogP contribution in [0.4, 0.5) is 0 Å². The van der Waals surface area contributed by atoms with E-state index < -0.39 is 5.41 Å². The fourth-order valence-corrected chi connectivity index (χ4v) is 2.87. The van der Waals surface area contributed by atoms with E-state index in [4.69, 9.17) is 0 Å². The molecular formula is C15H25N3O. The van der Waals surface area contributed by atoms with E-state index in [1.165, 1.54) is 11.4 Å². The molecule has 1 saturated heterocycles. The third-order valence-corrected chi connectivity index (χ3v) is 4.39. The van der Waals surface area contributed by atoms with Crippen molar-refractivity contribution < 1.29 is 4.79 Å². The number of carbonyl (C=O) groups excluding carboxylic acids is 1. The Bertz CT molecular complexity index is 482. The lowest BCUT2D eigenvalue weighted by Gasteiger charge is -2.35. The van der Waals surface area contributed by atoms with Gasteiger partial charge in [-0.15, -0.1) is 0 Å². The van der Waals surface area contributed by atoms with Gasteiger partial charge < -0.3 is 14.8 Å². The van der Waals surface area contributed by atoms with Gasteiger partial charge in [0, 0.05) is 44.6 Å². The molecule has 0 unspecified atom stereocenters. The molecule has 106 valence electrons. The van der Waals surface area contributed by atoms with E-state index in [1.54, 1.807) is 0 Å². The lowest BCUT2D eigenvalue weighted by Crippen LogP contribution is -2.51. The van der Waals surface area contributed by atoms with E-state index in [0.717, 1.165) is 31.7 Å². The maximum absolute atomic E-state index is 12.8. The molecule has 0 bridgehead atoms. The quantitative estimate of drug-likeness (QED) is 0.874. The summed E-state index contributed by atoms with van der Waals surface area (Å²) in [5.41, 5.74) is 3.09. The maximum atomic E-state index is 12.8. The smallest absolute Gasteiger partial charge is 0.232 e. The lowest BCUT2D eigenvalue weighted by molar-refractivity contribution is -0.136. The summed E-state index contributed by atoms with van der Waals surface area (Å²) in [5, 5.41) is 3.29. The molecule has 19 heavy (non-hydrogen) atoms. The van der Waals surface area contributed by atoms with Crippen LogP contribution in [0.5, 0.6) is 0 Å². The van der Waals surface area contributed by atoms with Crippen molar-refractivity contribution >= 4 is 5.91 Å². The number of aryl methyl sites for hydroxylation is 1. The minimum Gasteiger partial charge on any atom is -0.352 e. The Kier molecular flexibility index (Phi) is 3.72. The van der Waals surface area contributed by atoms with Crippen LogP contribution in [0.25, 0.3) is 0 Å². The first-order valence-electron chi connectivity index (χ1n) is 6.99. The number of hydrogen-bond acceptors (Lipinski definition) is 2. The molecule has 2 heterocycles. The van der Waals surface area contributed by atoms with Crippen molar-refractivity contribution in [2.24, 2.45) is 7.05 Å². The molecule has 0 saturated carbocycles. The topological polar surface area (TPSA) is 37.3 Å². The molecule has 1 aliphatic rings. The van der Waals surface area contributed by atoms with E-state index in [1.807, 2.05) is 18.7 Å². The van der Waals surface area contributed by atoms with Crippen molar-refractivity contribution in [2.45, 2.75) is 33.1 Å². The fourth-order valence-electron chi connectivity index (χ4n) is 2.87. The maximum Gasteiger partial charge on any atom is 0.232 e. The highest BCUT2D eigenvalue weighted by atomic mass is 16.2. The first-order chi connectivity index (χ1) is 8.85. The highest BCUT2D eigenvalue weighted by Crippen LogP contribution is 2.30. The molecule has 1 aromatic heterocycles. The molecule has 1 aliphatic heterocycles. The molecule has 0 atom stereocenters. The zero-order valence-corrected chi connectivity index (χ0v) is 12.7. The van der Waals surface area contributed by atoms with Gasteiger partial charge in [0.2, 0.25) is 5.91 Å². The molecule has 0 radical (unpaired) electrons. The summed E-state index contributed by atoms with van der Waals surface area (Å²) >= 11 is 0. The summed E-state index contributed by atoms with van der Waals surface area (Å²) < 4.78 is 2.15. The average Bonchev–Trinajstić information content (AvgIpc) is 2.67. The predicted molar refractivity (Wildman–Crippen MR) is 77.4 cm³/mol. The molecule has 1 amide bonds. The Labute approximate surface area is 115 Å². The van der Waals surface area contributed by atoms with Gasteiger partial charge in [0.15, 0.2) is 0 Å². The standard InChI is InChI=1S/C15H25N3O/c1-11-10-13(12(2)17(11)5)15(3,4)14(19)18-8-6-16-7-9-18/h10,16H,6-9H2,1-5H3. The highest BCUT2D eigenvalue weighted by molar-refractivity contribution is 5.88. The minimum atomic E-state index is -0.451. The van der Waals surface area contributed by atoms with Crippen LogP contribution >= 0.6 is 0 Å². The number of rotatable bonds is 2. The molecule has 4 heteroatoms. The van der Waals surface area contributed by atoms with E-state index >= 15 is 0 Å². The number of amides is 1. The van der Waals surface area contributed by atoms with Gasteiger partial charge in [0.25, 0.3) is 0 Å². The molecule has 1 N–H and O–H groups in total. The van der Waals surface area contributed by atoms with E-state index in [2.05, 4.69) is 36.8 Å². The summed E-state index contributed by atoms with van der Waals surface area (Å²) in [6.45, 7) is 11.7. The predicted octanol–water partition coefficient (Wildman–Crippen LogP) is 1.35. The van der Waals surface area contributed by atoms with Gasteiger partial charge in [-0.1, -0.05) is 0 Å². The van der Waals surface area contributed by atoms with Gasteiger partial charge in [-0.2, -0.15) is 0 Å². The van der Waals surface area contributed by atoms with Crippen LogP contribution in [0.15, 0.2) is 6.07 Å². The average molecular weight is 263 g/mol. The summed E-state index contributed by atoms with van der Waals surface area (Å²) in [5.74, 6) is 0.239. The van der Waals surface area contributed by atoms with E-state index in [-0.39, 0.29) is 5.91 Å². The zero-order chi connectivity index (χ0) is 14.2. The molecule has 0 aliphatic carbocycles. The summed E-state index contributed by atoms with van der Waals surface area (Å²) in [7, 11) is 2.06. The number of nitrogens with one attached hydrogen (secondary N) is 1. The Morgan fingerprint density at radius 1 is 1.26 bits per heavy atom. The largest absolute Gasteiger partial charge is 0.352 e. The second kappa shape index (κ2) is 5.00. The molecule has 4 nitrogen and oxygen atoms in total. The Morgan fingerprint density at radius 3 is 2.32 bits per heavy atom. The monoisotopic (exact) mass is 263 g/mol. The second-order valence-corrected chi connectivity index (χ2v) is 6.01. The molecule has 1 fully saturated rings. The van der Waals surface area contributed by atoms with Gasteiger partial charge in [-0.3, -0.25) is 4.79 Å². The van der Waals surface area contributed by atoms with Crippen LogP contribution in [0.2, 0.25) is 0 Å². The minimum absolute atomic E-state index is 0.239. The van der Waals surface area contributed by atoms with Gasteiger partial charge >= 0.3 is 0 Å². The number of hydrogen-bond donors (Lipinski definition) is 1. The second-order valence-electron chi connectivity index (χ2n) is 6.01. The molecular weight excluding hydrogens is 238 g/mol. The van der Waals surface area contributed by atoms with Crippen LogP contribution < -0.4 is 5.32 Å². The molecule has 0 aromatic carbocycles. The fraction of sp³-hybridized carbons (Fsp3) is 0.667.